The molecule has 0 saturated carbocycles. The Morgan fingerprint density at radius 1 is 1.07 bits per heavy atom. The van der Waals surface area contributed by atoms with Crippen LogP contribution in [0.5, 0.6) is 5.75 Å². The molecule has 0 saturated heterocycles. The van der Waals surface area contributed by atoms with Gasteiger partial charge < -0.3 is 10.1 Å². The van der Waals surface area contributed by atoms with E-state index < -0.39 is 0 Å². The first kappa shape index (κ1) is 20.1. The third-order valence-electron chi connectivity index (χ3n) is 4.11. The maximum absolute atomic E-state index is 12.7. The summed E-state index contributed by atoms with van der Waals surface area (Å²) >= 11 is 0. The lowest BCUT2D eigenvalue weighted by Gasteiger charge is -2.13. The highest BCUT2D eigenvalue weighted by Gasteiger charge is 2.10. The smallest absolute Gasteiger partial charge is 0.257 e. The van der Waals surface area contributed by atoms with E-state index in [9.17, 15) is 4.79 Å². The van der Waals surface area contributed by atoms with Crippen molar-refractivity contribution in [2.24, 2.45) is 4.99 Å². The van der Waals surface area contributed by atoms with E-state index in [0.29, 0.717) is 24.7 Å². The summed E-state index contributed by atoms with van der Waals surface area (Å²) in [6, 6.07) is 18.7. The van der Waals surface area contributed by atoms with Gasteiger partial charge in [0, 0.05) is 23.6 Å². The molecule has 0 spiro atoms. The number of carbonyl (C=O) groups is 1. The van der Waals surface area contributed by atoms with Crippen molar-refractivity contribution in [1.29, 1.82) is 0 Å². The molecule has 1 aromatic heterocycles. The fourth-order valence-electron chi connectivity index (χ4n) is 2.67. The minimum Gasteiger partial charge on any atom is -0.494 e. The van der Waals surface area contributed by atoms with Crippen LogP contribution < -0.4 is 15.4 Å². The van der Waals surface area contributed by atoms with E-state index in [2.05, 4.69) is 20.6 Å². The molecule has 3 aromatic rings. The van der Waals surface area contributed by atoms with Crippen LogP contribution in [0.15, 0.2) is 78.0 Å². The Bertz CT molecular complexity index is 970. The number of ether oxygens (including phenoxy) is 1. The Kier molecular flexibility index (Phi) is 6.95. The molecule has 0 aliphatic carbocycles. The molecule has 0 bridgehead atoms. The minimum absolute atomic E-state index is 0.222. The number of hydrogen-bond acceptors (Lipinski definition) is 4. The summed E-state index contributed by atoms with van der Waals surface area (Å²) in [6.07, 6.45) is 3.44. The first-order chi connectivity index (χ1) is 14.1. The number of nitrogens with zero attached hydrogens (tertiary/aromatic N) is 2. The van der Waals surface area contributed by atoms with Crippen LogP contribution >= 0.6 is 0 Å². The largest absolute Gasteiger partial charge is 0.494 e. The van der Waals surface area contributed by atoms with Gasteiger partial charge in [0.05, 0.1) is 13.2 Å². The summed E-state index contributed by atoms with van der Waals surface area (Å²) < 4.78 is 5.47. The molecule has 1 amide bonds. The summed E-state index contributed by atoms with van der Waals surface area (Å²) in [7, 11) is 0. The quantitative estimate of drug-likeness (QED) is 0.490. The van der Waals surface area contributed by atoms with E-state index in [1.165, 1.54) is 0 Å². The normalized spacial score (nSPS) is 11.0. The van der Waals surface area contributed by atoms with Crippen LogP contribution in [0.4, 0.5) is 5.69 Å². The molecule has 29 heavy (non-hydrogen) atoms. The lowest BCUT2D eigenvalue weighted by molar-refractivity contribution is 0.0977. The number of nitrogens with one attached hydrogen (secondary N) is 2. The van der Waals surface area contributed by atoms with Crippen molar-refractivity contribution in [1.82, 2.24) is 10.3 Å². The zero-order valence-corrected chi connectivity index (χ0v) is 16.6. The molecule has 148 valence electrons. The minimum atomic E-state index is -0.222. The zero-order chi connectivity index (χ0) is 20.5. The predicted octanol–water partition coefficient (Wildman–Crippen LogP) is 4.19. The maximum atomic E-state index is 12.7. The molecule has 6 heteroatoms. The van der Waals surface area contributed by atoms with Crippen molar-refractivity contribution in [3.63, 3.8) is 0 Å². The number of hydrogen-bond donors (Lipinski definition) is 2. The fourth-order valence-corrected chi connectivity index (χ4v) is 2.67. The van der Waals surface area contributed by atoms with Crippen LogP contribution in [0.2, 0.25) is 0 Å². The Balaban J connectivity index is 1.77. The lowest BCUT2D eigenvalue weighted by Crippen LogP contribution is -2.36. The van der Waals surface area contributed by atoms with E-state index in [1.807, 2.05) is 68.4 Å². The van der Waals surface area contributed by atoms with Crippen LogP contribution in [0.3, 0.4) is 0 Å². The number of aryl methyl sites for hydroxylation is 1. The Morgan fingerprint density at radius 2 is 1.83 bits per heavy atom. The van der Waals surface area contributed by atoms with E-state index in [-0.39, 0.29) is 5.91 Å². The van der Waals surface area contributed by atoms with Gasteiger partial charge in [0.15, 0.2) is 0 Å². The van der Waals surface area contributed by atoms with Crippen molar-refractivity contribution in [2.75, 3.05) is 11.9 Å². The van der Waals surface area contributed by atoms with E-state index >= 15 is 0 Å². The summed E-state index contributed by atoms with van der Waals surface area (Å²) in [5.41, 5.74) is 3.39. The van der Waals surface area contributed by atoms with Crippen LogP contribution in [-0.2, 0) is 6.54 Å². The second kappa shape index (κ2) is 10.0. The highest BCUT2D eigenvalue weighted by atomic mass is 16.5. The molecular weight excluding hydrogens is 364 g/mol. The van der Waals surface area contributed by atoms with E-state index in [0.717, 1.165) is 22.6 Å². The van der Waals surface area contributed by atoms with Gasteiger partial charge in [-0.15, -0.1) is 0 Å². The van der Waals surface area contributed by atoms with Gasteiger partial charge >= 0.3 is 0 Å². The van der Waals surface area contributed by atoms with Crippen molar-refractivity contribution < 1.29 is 9.53 Å². The molecule has 0 aliphatic rings. The topological polar surface area (TPSA) is 75.6 Å². The number of anilines is 1. The number of amides is 1. The second-order valence-corrected chi connectivity index (χ2v) is 6.43. The second-order valence-electron chi connectivity index (χ2n) is 6.43. The van der Waals surface area contributed by atoms with Crippen molar-refractivity contribution >= 4 is 17.6 Å². The Morgan fingerprint density at radius 3 is 2.52 bits per heavy atom. The molecule has 0 fully saturated rings. The van der Waals surface area contributed by atoms with Gasteiger partial charge in [-0.05, 0) is 67.9 Å². The van der Waals surface area contributed by atoms with Gasteiger partial charge in [0.1, 0.15) is 5.75 Å². The van der Waals surface area contributed by atoms with Crippen LogP contribution in [0, 0.1) is 6.92 Å². The Hall–Kier alpha value is -3.67. The maximum Gasteiger partial charge on any atom is 0.257 e. The van der Waals surface area contributed by atoms with Crippen molar-refractivity contribution in [3.8, 4) is 5.75 Å². The molecule has 6 nitrogen and oxygen atoms in total. The first-order valence-electron chi connectivity index (χ1n) is 9.45. The number of benzene rings is 2. The Labute approximate surface area is 170 Å². The third-order valence-corrected chi connectivity index (χ3v) is 4.11. The molecule has 0 aliphatic heterocycles. The van der Waals surface area contributed by atoms with Crippen molar-refractivity contribution in [2.45, 2.75) is 20.4 Å². The number of rotatable bonds is 6. The lowest BCUT2D eigenvalue weighted by atomic mass is 10.1. The van der Waals surface area contributed by atoms with Crippen molar-refractivity contribution in [3.05, 3.63) is 89.7 Å². The average Bonchev–Trinajstić information content (AvgIpc) is 2.74. The molecular formula is C23H24N4O2. The molecule has 2 aromatic carbocycles. The van der Waals surface area contributed by atoms with Crippen LogP contribution in [0.1, 0.15) is 28.4 Å². The summed E-state index contributed by atoms with van der Waals surface area (Å²) in [5.74, 6) is 0.940. The van der Waals surface area contributed by atoms with Crippen LogP contribution in [0.25, 0.3) is 0 Å². The van der Waals surface area contributed by atoms with Gasteiger partial charge in [0.25, 0.3) is 5.91 Å². The van der Waals surface area contributed by atoms with E-state index in [4.69, 9.17) is 4.74 Å². The zero-order valence-electron chi connectivity index (χ0n) is 16.6. The number of aromatic nitrogens is 1. The third kappa shape index (κ3) is 6.17. The summed E-state index contributed by atoms with van der Waals surface area (Å²) in [5, 5.41) is 6.05. The van der Waals surface area contributed by atoms with Gasteiger partial charge in [-0.3, -0.25) is 15.1 Å². The molecule has 3 rings (SSSR count). The molecule has 0 unspecified atom stereocenters. The monoisotopic (exact) mass is 388 g/mol. The van der Waals surface area contributed by atoms with Gasteiger partial charge in [0.2, 0.25) is 5.96 Å². The molecule has 1 heterocycles. The highest BCUT2D eigenvalue weighted by Crippen LogP contribution is 2.15. The van der Waals surface area contributed by atoms with Gasteiger partial charge in [-0.2, -0.15) is 0 Å². The van der Waals surface area contributed by atoms with Gasteiger partial charge in [-0.25, -0.2) is 4.99 Å². The van der Waals surface area contributed by atoms with Crippen LogP contribution in [-0.4, -0.2) is 23.5 Å². The molecule has 2 N–H and O–H groups in total. The number of pyridine rings is 1. The summed E-state index contributed by atoms with van der Waals surface area (Å²) in [6.45, 7) is 4.91. The fraction of sp³-hybridized carbons (Fsp3) is 0.174. The molecule has 0 radical (unpaired) electrons. The average molecular weight is 388 g/mol. The number of carbonyl (C=O) groups excluding carboxylic acids is 1. The van der Waals surface area contributed by atoms with Gasteiger partial charge in [-0.1, -0.05) is 17.7 Å². The van der Waals surface area contributed by atoms with E-state index in [1.54, 1.807) is 18.5 Å². The number of guanidine groups is 1. The molecule has 0 atom stereocenters. The standard InChI is InChI=1S/C23H24N4O2/c1-3-29-21-9-7-20(8-10-21)26-23(25-16-18-11-13-24-14-12-18)27-22(28)19-6-4-5-17(2)15-19/h4-15H,3,16H2,1-2H3,(H2,25,26,27,28). The summed E-state index contributed by atoms with van der Waals surface area (Å²) in [4.78, 5) is 21.3. The highest BCUT2D eigenvalue weighted by molar-refractivity contribution is 6.10. The predicted molar refractivity (Wildman–Crippen MR) is 115 cm³/mol. The SMILES string of the molecule is CCOc1ccc(NC(=NCc2ccncc2)NC(=O)c2cccc(C)c2)cc1. The number of aliphatic imine (C=N–C) groups is 1. The first-order valence-corrected chi connectivity index (χ1v) is 9.45.